The Kier molecular flexibility index (Phi) is 8.55. The first-order chi connectivity index (χ1) is 14.5. The maximum Gasteiger partial charge on any atom is 0.217 e. The predicted octanol–water partition coefficient (Wildman–Crippen LogP) is 3.11. The molecule has 0 spiro atoms. The van der Waals surface area contributed by atoms with Crippen LogP contribution in [0.15, 0.2) is 29.3 Å². The molecule has 1 aromatic carbocycles. The number of nitrogens with two attached hydrogens (primary N) is 1. The van der Waals surface area contributed by atoms with Crippen molar-refractivity contribution < 1.29 is 4.79 Å². The van der Waals surface area contributed by atoms with Crippen LogP contribution in [0.2, 0.25) is 0 Å². The van der Waals surface area contributed by atoms with Crippen LogP contribution in [0, 0.1) is 5.92 Å². The van der Waals surface area contributed by atoms with Crippen LogP contribution in [0.4, 0.5) is 0 Å². The normalized spacial score (nSPS) is 23.4. The van der Waals surface area contributed by atoms with Crippen molar-refractivity contribution in [2.24, 2.45) is 16.6 Å². The minimum absolute atomic E-state index is 0.206. The summed E-state index contributed by atoms with van der Waals surface area (Å²) in [5, 5.41) is 3.42. The van der Waals surface area contributed by atoms with E-state index in [-0.39, 0.29) is 5.91 Å². The molecule has 2 heterocycles. The Morgan fingerprint density at radius 3 is 2.60 bits per heavy atom. The minimum Gasteiger partial charge on any atom is -0.370 e. The summed E-state index contributed by atoms with van der Waals surface area (Å²) in [6, 6.07) is 9.62. The van der Waals surface area contributed by atoms with Crippen molar-refractivity contribution in [1.82, 2.24) is 15.1 Å². The summed E-state index contributed by atoms with van der Waals surface area (Å²) in [6.07, 6.45) is 6.61. The van der Waals surface area contributed by atoms with Gasteiger partial charge in [0, 0.05) is 38.6 Å². The average molecular weight is 414 g/mol. The molecule has 2 saturated heterocycles. The number of carbonyl (C=O) groups is 1. The number of aliphatic imine (C=N–C) groups is 1. The Bertz CT molecular complexity index is 702. The molecule has 3 N–H and O–H groups in total. The van der Waals surface area contributed by atoms with Crippen molar-refractivity contribution in [1.29, 1.82) is 0 Å². The third-order valence-electron chi connectivity index (χ3n) is 6.40. The van der Waals surface area contributed by atoms with E-state index >= 15 is 0 Å². The molecule has 2 aliphatic rings. The number of hydrogen-bond acceptors (Lipinski definition) is 3. The van der Waals surface area contributed by atoms with Gasteiger partial charge in [0.15, 0.2) is 5.96 Å². The van der Waals surface area contributed by atoms with E-state index in [0.29, 0.717) is 24.9 Å². The van der Waals surface area contributed by atoms with Gasteiger partial charge in [-0.05, 0) is 63.1 Å². The lowest BCUT2D eigenvalue weighted by atomic mass is 9.95. The number of nitrogens with one attached hydrogen (secondary N) is 1. The summed E-state index contributed by atoms with van der Waals surface area (Å²) in [6.45, 7) is 10.0. The van der Waals surface area contributed by atoms with E-state index in [1.165, 1.54) is 36.9 Å². The molecule has 0 aromatic heterocycles. The van der Waals surface area contributed by atoms with Crippen LogP contribution in [0.3, 0.4) is 0 Å². The highest BCUT2D eigenvalue weighted by Crippen LogP contribution is 2.21. The zero-order chi connectivity index (χ0) is 21.3. The highest BCUT2D eigenvalue weighted by atomic mass is 16.1. The fourth-order valence-electron chi connectivity index (χ4n) is 4.68. The smallest absolute Gasteiger partial charge is 0.217 e. The molecule has 6 nitrogen and oxygen atoms in total. The molecule has 6 heteroatoms. The number of nitrogens with zero attached hydrogens (tertiary/aromatic N) is 3. The maximum atomic E-state index is 11.3. The van der Waals surface area contributed by atoms with E-state index < -0.39 is 0 Å². The highest BCUT2D eigenvalue weighted by molar-refractivity contribution is 5.80. The van der Waals surface area contributed by atoms with Crippen molar-refractivity contribution in [3.8, 4) is 0 Å². The van der Waals surface area contributed by atoms with Gasteiger partial charge in [0.1, 0.15) is 0 Å². The van der Waals surface area contributed by atoms with Crippen LogP contribution in [-0.2, 0) is 17.9 Å². The zero-order valence-electron chi connectivity index (χ0n) is 18.8. The van der Waals surface area contributed by atoms with E-state index in [2.05, 4.69) is 53.2 Å². The van der Waals surface area contributed by atoms with Gasteiger partial charge < -0.3 is 16.0 Å². The van der Waals surface area contributed by atoms with Crippen molar-refractivity contribution in [3.05, 3.63) is 35.4 Å². The third kappa shape index (κ3) is 6.73. The number of piperidine rings is 2. The molecule has 30 heavy (non-hydrogen) atoms. The van der Waals surface area contributed by atoms with Gasteiger partial charge in [0.05, 0.1) is 6.54 Å². The molecular weight excluding hydrogens is 374 g/mol. The lowest BCUT2D eigenvalue weighted by Gasteiger charge is -2.34. The Hall–Kier alpha value is -2.08. The lowest BCUT2D eigenvalue weighted by Crippen LogP contribution is -2.47. The molecule has 2 fully saturated rings. The van der Waals surface area contributed by atoms with Crippen molar-refractivity contribution >= 4 is 11.9 Å². The van der Waals surface area contributed by atoms with E-state index in [1.807, 2.05) is 0 Å². The molecule has 1 aromatic rings. The summed E-state index contributed by atoms with van der Waals surface area (Å²) in [5.41, 5.74) is 8.02. The van der Waals surface area contributed by atoms with Gasteiger partial charge in [0.25, 0.3) is 0 Å². The number of hydrogen-bond donors (Lipinski definition) is 2. The van der Waals surface area contributed by atoms with Crippen LogP contribution in [0.25, 0.3) is 0 Å². The van der Waals surface area contributed by atoms with Gasteiger partial charge in [-0.2, -0.15) is 0 Å². The molecule has 2 atom stereocenters. The molecule has 2 aliphatic heterocycles. The van der Waals surface area contributed by atoms with Crippen molar-refractivity contribution in [3.63, 3.8) is 0 Å². The molecule has 1 amide bonds. The quantitative estimate of drug-likeness (QED) is 0.532. The second-order valence-corrected chi connectivity index (χ2v) is 8.93. The van der Waals surface area contributed by atoms with Crippen LogP contribution in [-0.4, -0.2) is 53.9 Å². The number of rotatable bonds is 7. The third-order valence-corrected chi connectivity index (χ3v) is 6.40. The predicted molar refractivity (Wildman–Crippen MR) is 123 cm³/mol. The SMILES string of the molecule is CCNC(=NCc1ccc(CN2CCCCC2C)cc1)N1CCCC(CC(N)=O)C1. The van der Waals surface area contributed by atoms with Crippen LogP contribution in [0.5, 0.6) is 0 Å². The van der Waals surface area contributed by atoms with Crippen LogP contribution >= 0.6 is 0 Å². The highest BCUT2D eigenvalue weighted by Gasteiger charge is 2.23. The van der Waals surface area contributed by atoms with Gasteiger partial charge in [-0.15, -0.1) is 0 Å². The summed E-state index contributed by atoms with van der Waals surface area (Å²) in [4.78, 5) is 21.1. The number of amides is 1. The lowest BCUT2D eigenvalue weighted by molar-refractivity contribution is -0.119. The van der Waals surface area contributed by atoms with E-state index in [9.17, 15) is 4.79 Å². The van der Waals surface area contributed by atoms with Gasteiger partial charge in [-0.25, -0.2) is 4.99 Å². The minimum atomic E-state index is -0.206. The topological polar surface area (TPSA) is 74.0 Å². The molecule has 0 bridgehead atoms. The summed E-state index contributed by atoms with van der Waals surface area (Å²) >= 11 is 0. The van der Waals surface area contributed by atoms with Gasteiger partial charge in [-0.1, -0.05) is 30.7 Å². The number of primary amides is 1. The number of benzene rings is 1. The molecule has 166 valence electrons. The van der Waals surface area contributed by atoms with E-state index in [1.54, 1.807) is 0 Å². The summed E-state index contributed by atoms with van der Waals surface area (Å²) in [5.74, 6) is 1.07. The summed E-state index contributed by atoms with van der Waals surface area (Å²) < 4.78 is 0. The molecule has 3 rings (SSSR count). The Labute approximate surface area is 181 Å². The zero-order valence-corrected chi connectivity index (χ0v) is 18.8. The Morgan fingerprint density at radius 1 is 1.13 bits per heavy atom. The number of likely N-dealkylation sites (tertiary alicyclic amines) is 2. The monoisotopic (exact) mass is 413 g/mol. The fourth-order valence-corrected chi connectivity index (χ4v) is 4.68. The first kappa shape index (κ1) is 22.6. The second kappa shape index (κ2) is 11.3. The number of carbonyl (C=O) groups excluding carboxylic acids is 1. The number of guanidine groups is 1. The fraction of sp³-hybridized carbons (Fsp3) is 0.667. The van der Waals surface area contributed by atoms with Crippen molar-refractivity contribution in [2.45, 2.75) is 71.5 Å². The first-order valence-corrected chi connectivity index (χ1v) is 11.7. The van der Waals surface area contributed by atoms with E-state index in [4.69, 9.17) is 10.7 Å². The molecule has 2 unspecified atom stereocenters. The average Bonchev–Trinajstić information content (AvgIpc) is 2.73. The first-order valence-electron chi connectivity index (χ1n) is 11.7. The maximum absolute atomic E-state index is 11.3. The Balaban J connectivity index is 1.58. The van der Waals surface area contributed by atoms with Crippen LogP contribution in [0.1, 0.15) is 63.5 Å². The van der Waals surface area contributed by atoms with Crippen LogP contribution < -0.4 is 11.1 Å². The molecule has 0 radical (unpaired) electrons. The molecule has 0 aliphatic carbocycles. The van der Waals surface area contributed by atoms with Gasteiger partial charge >= 0.3 is 0 Å². The summed E-state index contributed by atoms with van der Waals surface area (Å²) in [7, 11) is 0. The van der Waals surface area contributed by atoms with Gasteiger partial charge in [-0.3, -0.25) is 9.69 Å². The standard InChI is InChI=1S/C24H39N5O/c1-3-26-24(29-14-6-8-22(18-29)15-23(25)30)27-16-20-9-11-21(12-10-20)17-28-13-5-4-7-19(28)2/h9-12,19,22H,3-8,13-18H2,1-2H3,(H2,25,30)(H,26,27). The molecule has 0 saturated carbocycles. The second-order valence-electron chi connectivity index (χ2n) is 8.93. The molecular formula is C24H39N5O. The van der Waals surface area contributed by atoms with Crippen molar-refractivity contribution in [2.75, 3.05) is 26.2 Å². The Morgan fingerprint density at radius 2 is 1.90 bits per heavy atom. The van der Waals surface area contributed by atoms with Gasteiger partial charge in [0.2, 0.25) is 5.91 Å². The van der Waals surface area contributed by atoms with E-state index in [0.717, 1.165) is 45.0 Å². The largest absolute Gasteiger partial charge is 0.370 e.